The molecule has 0 saturated carbocycles. The molecule has 7 heteroatoms. The molecule has 0 spiro atoms. The van der Waals surface area contributed by atoms with Gasteiger partial charge in [0.1, 0.15) is 5.82 Å². The Hall–Kier alpha value is -1.15. The zero-order valence-corrected chi connectivity index (χ0v) is 13.1. The van der Waals surface area contributed by atoms with Crippen molar-refractivity contribution in [3.63, 3.8) is 0 Å². The maximum Gasteiger partial charge on any atom is 0.419 e. The van der Waals surface area contributed by atoms with Gasteiger partial charge in [0.15, 0.2) is 5.78 Å². The van der Waals surface area contributed by atoms with Crippen LogP contribution in [-0.4, -0.2) is 5.78 Å². The van der Waals surface area contributed by atoms with E-state index >= 15 is 0 Å². The van der Waals surface area contributed by atoms with Crippen molar-refractivity contribution in [2.24, 2.45) is 0 Å². The normalized spacial score (nSPS) is 11.5. The first-order chi connectivity index (χ1) is 9.70. The van der Waals surface area contributed by atoms with Gasteiger partial charge < -0.3 is 0 Å². The fourth-order valence-electron chi connectivity index (χ4n) is 1.71. The topological polar surface area (TPSA) is 17.1 Å². The van der Waals surface area contributed by atoms with E-state index in [-0.39, 0.29) is 11.1 Å². The molecule has 0 bridgehead atoms. The summed E-state index contributed by atoms with van der Waals surface area (Å²) in [6, 6.07) is 6.65. The number of alkyl halides is 3. The summed E-state index contributed by atoms with van der Waals surface area (Å²) >= 11 is 7.68. The third kappa shape index (κ3) is 3.55. The summed E-state index contributed by atoms with van der Waals surface area (Å²) < 4.78 is 51.5. The highest BCUT2D eigenvalue weighted by Gasteiger charge is 2.34. The number of halogens is 6. The Labute approximate surface area is 136 Å². The molecule has 0 aromatic heterocycles. The highest BCUT2D eigenvalue weighted by Crippen LogP contribution is 2.32. The number of carbonyl (C=O) groups is 1. The molecule has 0 heterocycles. The van der Waals surface area contributed by atoms with E-state index in [0.717, 1.165) is 6.07 Å². The Balaban J connectivity index is 2.45. The minimum absolute atomic E-state index is 0.166. The molecule has 0 atom stereocenters. The lowest BCUT2D eigenvalue weighted by Crippen LogP contribution is -2.10. The second-order valence-corrected chi connectivity index (χ2v) is 5.74. The zero-order chi connectivity index (χ0) is 15.8. The van der Waals surface area contributed by atoms with Crippen LogP contribution in [0, 0.1) is 9.39 Å². The fraction of sp³-hybridized carbons (Fsp3) is 0.0714. The van der Waals surface area contributed by atoms with Gasteiger partial charge in [-0.25, -0.2) is 4.39 Å². The van der Waals surface area contributed by atoms with Crippen LogP contribution in [0.3, 0.4) is 0 Å². The van der Waals surface area contributed by atoms with Crippen LogP contribution in [0.5, 0.6) is 0 Å². The summed E-state index contributed by atoms with van der Waals surface area (Å²) in [7, 11) is 0. The lowest BCUT2D eigenvalue weighted by Gasteiger charge is -2.10. The van der Waals surface area contributed by atoms with Crippen LogP contribution in [0.1, 0.15) is 21.5 Å². The summed E-state index contributed by atoms with van der Waals surface area (Å²) in [4.78, 5) is 12.2. The molecule has 0 fully saturated rings. The fourth-order valence-corrected chi connectivity index (χ4v) is 2.47. The first kappa shape index (κ1) is 16.2. The molecule has 0 aliphatic heterocycles. The summed E-state index contributed by atoms with van der Waals surface area (Å²) in [5.74, 6) is -2.07. The molecule has 110 valence electrons. The van der Waals surface area contributed by atoms with E-state index in [1.54, 1.807) is 12.1 Å². The maximum atomic E-state index is 13.5. The first-order valence-corrected chi connectivity index (χ1v) is 7.02. The van der Waals surface area contributed by atoms with E-state index in [1.165, 1.54) is 6.07 Å². The second-order valence-electron chi connectivity index (χ2n) is 4.15. The standard InChI is InChI=1S/C14H6ClF4IO/c15-8-2-4-12(20)9(6-8)13(21)7-1-3-10(11(16)5-7)14(17,18)19/h1-6H. The van der Waals surface area contributed by atoms with Crippen molar-refractivity contribution in [2.45, 2.75) is 6.18 Å². The molecule has 0 amide bonds. The van der Waals surface area contributed by atoms with Gasteiger partial charge in [0, 0.05) is 19.7 Å². The number of rotatable bonds is 2. The summed E-state index contributed by atoms with van der Waals surface area (Å²) in [6.07, 6.45) is -4.80. The molecule has 0 saturated heterocycles. The van der Waals surface area contributed by atoms with Gasteiger partial charge in [0.2, 0.25) is 0 Å². The minimum atomic E-state index is -4.80. The van der Waals surface area contributed by atoms with Crippen molar-refractivity contribution in [1.29, 1.82) is 0 Å². The average Bonchev–Trinajstić information content (AvgIpc) is 2.39. The van der Waals surface area contributed by atoms with Crippen LogP contribution < -0.4 is 0 Å². The largest absolute Gasteiger partial charge is 0.419 e. The van der Waals surface area contributed by atoms with Gasteiger partial charge in [-0.2, -0.15) is 13.2 Å². The highest BCUT2D eigenvalue weighted by molar-refractivity contribution is 14.1. The van der Waals surface area contributed by atoms with E-state index in [0.29, 0.717) is 20.7 Å². The van der Waals surface area contributed by atoms with Gasteiger partial charge >= 0.3 is 6.18 Å². The third-order valence-electron chi connectivity index (χ3n) is 2.71. The van der Waals surface area contributed by atoms with Crippen LogP contribution in [-0.2, 0) is 6.18 Å². The molecule has 2 aromatic rings. The van der Waals surface area contributed by atoms with Crippen molar-refractivity contribution in [3.05, 3.63) is 67.5 Å². The molecule has 0 unspecified atom stereocenters. The van der Waals surface area contributed by atoms with Crippen molar-refractivity contribution in [1.82, 2.24) is 0 Å². The van der Waals surface area contributed by atoms with Gasteiger partial charge in [0.05, 0.1) is 5.56 Å². The number of carbonyl (C=O) groups excluding carboxylic acids is 1. The van der Waals surface area contributed by atoms with Crippen molar-refractivity contribution in [3.8, 4) is 0 Å². The highest BCUT2D eigenvalue weighted by atomic mass is 127. The number of hydrogen-bond donors (Lipinski definition) is 0. The molecular formula is C14H6ClF4IO. The number of benzene rings is 2. The first-order valence-electron chi connectivity index (χ1n) is 5.56. The molecule has 2 rings (SSSR count). The van der Waals surface area contributed by atoms with Crippen molar-refractivity contribution < 1.29 is 22.4 Å². The Morgan fingerprint density at radius 2 is 1.76 bits per heavy atom. The van der Waals surface area contributed by atoms with Crippen LogP contribution in [0.4, 0.5) is 17.6 Å². The zero-order valence-electron chi connectivity index (χ0n) is 10.1. The van der Waals surface area contributed by atoms with E-state index in [2.05, 4.69) is 0 Å². The lowest BCUT2D eigenvalue weighted by atomic mass is 10.0. The lowest BCUT2D eigenvalue weighted by molar-refractivity contribution is -0.140. The van der Waals surface area contributed by atoms with Gasteiger partial charge in [-0.3, -0.25) is 4.79 Å². The SMILES string of the molecule is O=C(c1ccc(C(F)(F)F)c(F)c1)c1cc(Cl)ccc1I. The monoisotopic (exact) mass is 428 g/mol. The Morgan fingerprint density at radius 3 is 2.33 bits per heavy atom. The molecule has 0 radical (unpaired) electrons. The average molecular weight is 429 g/mol. The second kappa shape index (κ2) is 5.92. The summed E-state index contributed by atoms with van der Waals surface area (Å²) in [5.41, 5.74) is -1.36. The molecule has 21 heavy (non-hydrogen) atoms. The van der Waals surface area contributed by atoms with Gasteiger partial charge in [-0.15, -0.1) is 0 Å². The number of ketones is 1. The minimum Gasteiger partial charge on any atom is -0.289 e. The molecule has 1 nitrogen and oxygen atoms in total. The molecular weight excluding hydrogens is 423 g/mol. The van der Waals surface area contributed by atoms with E-state index in [9.17, 15) is 22.4 Å². The van der Waals surface area contributed by atoms with Crippen LogP contribution in [0.2, 0.25) is 5.02 Å². The van der Waals surface area contributed by atoms with Crippen LogP contribution in [0.25, 0.3) is 0 Å². The Morgan fingerprint density at radius 1 is 1.10 bits per heavy atom. The quantitative estimate of drug-likeness (QED) is 0.359. The Kier molecular flexibility index (Phi) is 4.57. The van der Waals surface area contributed by atoms with E-state index in [4.69, 9.17) is 11.6 Å². The van der Waals surface area contributed by atoms with Gasteiger partial charge in [-0.05, 0) is 52.9 Å². The molecule has 0 aliphatic carbocycles. The van der Waals surface area contributed by atoms with Crippen molar-refractivity contribution in [2.75, 3.05) is 0 Å². The predicted octanol–water partition coefficient (Wildman–Crippen LogP) is 5.33. The molecule has 0 N–H and O–H groups in total. The van der Waals surface area contributed by atoms with Crippen LogP contribution >= 0.6 is 34.2 Å². The molecule has 2 aromatic carbocycles. The van der Waals surface area contributed by atoms with Crippen LogP contribution in [0.15, 0.2) is 36.4 Å². The van der Waals surface area contributed by atoms with Crippen molar-refractivity contribution >= 4 is 40.0 Å². The number of hydrogen-bond acceptors (Lipinski definition) is 1. The summed E-state index contributed by atoms with van der Waals surface area (Å²) in [6.45, 7) is 0. The van der Waals surface area contributed by atoms with Gasteiger partial charge in [-0.1, -0.05) is 17.7 Å². The smallest absolute Gasteiger partial charge is 0.289 e. The maximum absolute atomic E-state index is 13.5. The molecule has 0 aliphatic rings. The Bertz CT molecular complexity index is 713. The summed E-state index contributed by atoms with van der Waals surface area (Å²) in [5, 5.41) is 0.311. The van der Waals surface area contributed by atoms with E-state index < -0.39 is 23.3 Å². The van der Waals surface area contributed by atoms with Gasteiger partial charge in [0.25, 0.3) is 0 Å². The third-order valence-corrected chi connectivity index (χ3v) is 3.89. The van der Waals surface area contributed by atoms with E-state index in [1.807, 2.05) is 22.6 Å². The predicted molar refractivity (Wildman–Crippen MR) is 79.0 cm³/mol.